The first-order valence-electron chi connectivity index (χ1n) is 1.53. The summed E-state index contributed by atoms with van der Waals surface area (Å²) in [6, 6.07) is 0. The van der Waals surface area contributed by atoms with Crippen molar-refractivity contribution in [2.45, 2.75) is 0 Å². The van der Waals surface area contributed by atoms with Crippen LogP contribution in [-0.4, -0.2) is 6.16 Å². The van der Waals surface area contributed by atoms with Gasteiger partial charge in [-0.15, -0.1) is 31.1 Å². The van der Waals surface area contributed by atoms with Gasteiger partial charge in [0.05, 0.1) is 0 Å². The number of rotatable bonds is 2. The van der Waals surface area contributed by atoms with Gasteiger partial charge in [0.2, 0.25) is 0 Å². The van der Waals surface area contributed by atoms with E-state index in [0.29, 0.717) is 0 Å². The molecule has 0 rings (SSSR count). The molecule has 0 aromatic rings. The molecule has 0 heterocycles. The molecule has 3 heteroatoms. The van der Waals surface area contributed by atoms with Gasteiger partial charge >= 0.3 is 0 Å². The quantitative estimate of drug-likeness (QED) is 0.326. The van der Waals surface area contributed by atoms with Crippen LogP contribution in [0.1, 0.15) is 0 Å². The fraction of sp³-hybridized carbons (Fsp3) is 0.333. The van der Waals surface area contributed by atoms with Gasteiger partial charge in [-0.2, -0.15) is 0 Å². The zero-order chi connectivity index (χ0) is 4.99. The molecular formula is C3H7PS2. The minimum absolute atomic E-state index is 0.330. The number of thiol groups is 2. The fourth-order valence-corrected chi connectivity index (χ4v) is 1.04. The van der Waals surface area contributed by atoms with E-state index in [-0.39, 0.29) is 6.33 Å². The summed E-state index contributed by atoms with van der Waals surface area (Å²) >= 11 is 8.07. The van der Waals surface area contributed by atoms with Gasteiger partial charge in [0.25, 0.3) is 0 Å². The first kappa shape index (κ1) is 6.87. The van der Waals surface area contributed by atoms with Crippen molar-refractivity contribution in [2.75, 3.05) is 6.16 Å². The number of hydrogen-bond donors (Lipinski definition) is 2. The van der Waals surface area contributed by atoms with E-state index in [1.165, 1.54) is 0 Å². The highest BCUT2D eigenvalue weighted by molar-refractivity contribution is 8.78. The Morgan fingerprint density at radius 3 is 2.17 bits per heavy atom. The Hall–Kier alpha value is 0.870. The highest BCUT2D eigenvalue weighted by atomic mass is 33.1. The summed E-state index contributed by atoms with van der Waals surface area (Å²) in [7, 11) is 0. The van der Waals surface area contributed by atoms with Crippen LogP contribution in [0.2, 0.25) is 0 Å². The molecule has 0 aromatic carbocycles. The maximum Gasteiger partial charge on any atom is 0.00953 e. The molecule has 0 aromatic heterocycles. The third kappa shape index (κ3) is 4.87. The van der Waals surface area contributed by atoms with Gasteiger partial charge in [0.1, 0.15) is 0 Å². The molecule has 0 unspecified atom stereocenters. The van der Waals surface area contributed by atoms with E-state index in [9.17, 15) is 0 Å². The molecule has 0 N–H and O–H groups in total. The summed E-state index contributed by atoms with van der Waals surface area (Å²) in [6.07, 6.45) is 2.43. The Labute approximate surface area is 50.1 Å². The van der Waals surface area contributed by atoms with Gasteiger partial charge in [0.15, 0.2) is 0 Å². The average molecular weight is 138 g/mol. The van der Waals surface area contributed by atoms with Gasteiger partial charge in [0, 0.05) is 12.5 Å². The second kappa shape index (κ2) is 4.04. The molecule has 0 aliphatic heterocycles. The molecule has 6 heavy (non-hydrogen) atoms. The van der Waals surface area contributed by atoms with E-state index in [0.717, 1.165) is 6.16 Å². The smallest absolute Gasteiger partial charge is 0.00953 e. The van der Waals surface area contributed by atoms with Crippen LogP contribution >= 0.6 is 30.8 Å². The first-order chi connectivity index (χ1) is 2.77. The van der Waals surface area contributed by atoms with Gasteiger partial charge in [-0.05, 0) is 0 Å². The lowest BCUT2D eigenvalue weighted by Crippen LogP contribution is -1.56. The molecular weight excluding hydrogens is 131 g/mol. The lowest BCUT2D eigenvalue weighted by Gasteiger charge is -1.91. The third-order valence-electron chi connectivity index (χ3n) is 0.292. The Morgan fingerprint density at radius 1 is 1.67 bits per heavy atom. The molecule has 36 valence electrons. The molecule has 0 saturated heterocycles. The zero-order valence-corrected chi connectivity index (χ0v) is 6.02. The molecule has 0 fully saturated rings. The van der Waals surface area contributed by atoms with Gasteiger partial charge < -0.3 is 0 Å². The summed E-state index contributed by atoms with van der Waals surface area (Å²) in [5.41, 5.74) is 0. The van der Waals surface area contributed by atoms with Crippen molar-refractivity contribution in [1.29, 1.82) is 0 Å². The van der Waals surface area contributed by atoms with Crippen molar-refractivity contribution in [2.24, 2.45) is 0 Å². The molecule has 0 nitrogen and oxygen atoms in total. The fourth-order valence-electron chi connectivity index (χ4n) is 0.115. The summed E-state index contributed by atoms with van der Waals surface area (Å²) in [4.78, 5) is 0. The van der Waals surface area contributed by atoms with E-state index in [2.05, 4.69) is 31.1 Å². The maximum atomic E-state index is 4.04. The van der Waals surface area contributed by atoms with Crippen LogP contribution in [0.15, 0.2) is 12.7 Å². The highest BCUT2D eigenvalue weighted by Gasteiger charge is 1.84. The molecule has 0 amide bonds. The summed E-state index contributed by atoms with van der Waals surface area (Å²) < 4.78 is 0. The molecule has 0 saturated carbocycles. The first-order valence-corrected chi connectivity index (χ1v) is 5.37. The van der Waals surface area contributed by atoms with Crippen LogP contribution in [0.25, 0.3) is 0 Å². The van der Waals surface area contributed by atoms with E-state index in [4.69, 9.17) is 0 Å². The topological polar surface area (TPSA) is 0 Å². The van der Waals surface area contributed by atoms with Crippen LogP contribution in [0.3, 0.4) is 0 Å². The second-order valence-electron chi connectivity index (χ2n) is 0.844. The minimum atomic E-state index is -0.330. The Bertz CT molecular complexity index is 44.1. The van der Waals surface area contributed by atoms with Crippen LogP contribution < -0.4 is 0 Å². The Balaban J connectivity index is 2.81. The summed E-state index contributed by atoms with van der Waals surface area (Å²) in [5, 5.41) is 0. The summed E-state index contributed by atoms with van der Waals surface area (Å²) in [5.74, 6) is 0. The van der Waals surface area contributed by atoms with Crippen molar-refractivity contribution < 1.29 is 0 Å². The van der Waals surface area contributed by atoms with Crippen molar-refractivity contribution in [1.82, 2.24) is 0 Å². The SMILES string of the molecule is C=CCP(S)S. The van der Waals surface area contributed by atoms with Crippen molar-refractivity contribution >= 4 is 30.8 Å². The average Bonchev–Trinajstić information content (AvgIpc) is 1.35. The van der Waals surface area contributed by atoms with Crippen LogP contribution in [-0.2, 0) is 0 Å². The lowest BCUT2D eigenvalue weighted by atomic mass is 10.8. The van der Waals surface area contributed by atoms with Gasteiger partial charge in [-0.3, -0.25) is 0 Å². The summed E-state index contributed by atoms with van der Waals surface area (Å²) in [6.45, 7) is 3.52. The van der Waals surface area contributed by atoms with E-state index in [1.54, 1.807) is 0 Å². The largest absolute Gasteiger partial charge is 0.140 e. The maximum absolute atomic E-state index is 4.04. The Morgan fingerprint density at radius 2 is 2.17 bits per heavy atom. The molecule has 0 spiro atoms. The molecule has 0 atom stereocenters. The number of hydrogen-bond acceptors (Lipinski definition) is 2. The van der Waals surface area contributed by atoms with Crippen LogP contribution in [0.5, 0.6) is 0 Å². The van der Waals surface area contributed by atoms with Crippen LogP contribution in [0.4, 0.5) is 0 Å². The third-order valence-corrected chi connectivity index (χ3v) is 1.86. The zero-order valence-electron chi connectivity index (χ0n) is 3.33. The van der Waals surface area contributed by atoms with E-state index >= 15 is 0 Å². The highest BCUT2D eigenvalue weighted by Crippen LogP contribution is 2.44. The van der Waals surface area contributed by atoms with Crippen molar-refractivity contribution in [3.05, 3.63) is 12.7 Å². The number of allylic oxidation sites excluding steroid dienone is 1. The monoisotopic (exact) mass is 138 g/mol. The van der Waals surface area contributed by atoms with E-state index < -0.39 is 0 Å². The van der Waals surface area contributed by atoms with Crippen molar-refractivity contribution in [3.8, 4) is 0 Å². The standard InChI is InChI=1S/C3H7PS2/c1-2-3-4(5)6/h2,5-6H,1,3H2. The molecule has 0 aliphatic rings. The molecule has 0 bridgehead atoms. The van der Waals surface area contributed by atoms with Gasteiger partial charge in [-0.1, -0.05) is 6.08 Å². The Kier molecular flexibility index (Phi) is 4.63. The van der Waals surface area contributed by atoms with Crippen molar-refractivity contribution in [3.63, 3.8) is 0 Å². The normalized spacial score (nSPS) is 9.17. The predicted molar refractivity (Wildman–Crippen MR) is 40.0 cm³/mol. The molecule has 0 aliphatic carbocycles. The molecule has 0 radical (unpaired) electrons. The van der Waals surface area contributed by atoms with Crippen LogP contribution in [0, 0.1) is 0 Å². The van der Waals surface area contributed by atoms with Gasteiger partial charge in [-0.25, -0.2) is 0 Å². The minimum Gasteiger partial charge on any atom is -0.140 e. The van der Waals surface area contributed by atoms with E-state index in [1.807, 2.05) is 6.08 Å². The predicted octanol–water partition coefficient (Wildman–Crippen LogP) is 2.34. The lowest BCUT2D eigenvalue weighted by molar-refractivity contribution is 1.82. The second-order valence-corrected chi connectivity index (χ2v) is 5.80.